The Hall–Kier alpha value is -0.130. The maximum absolute atomic E-state index is 12.5. The molecule has 2 aliphatic rings. The highest BCUT2D eigenvalue weighted by molar-refractivity contribution is 7.89. The molecule has 2 fully saturated rings. The Morgan fingerprint density at radius 2 is 1.83 bits per heavy atom. The summed E-state index contributed by atoms with van der Waals surface area (Å²) in [6.07, 6.45) is 6.80. The Labute approximate surface area is 111 Å². The fourth-order valence-corrected chi connectivity index (χ4v) is 5.18. The van der Waals surface area contributed by atoms with E-state index in [-0.39, 0.29) is 6.04 Å². The second-order valence-corrected chi connectivity index (χ2v) is 7.67. The number of nitrogens with one attached hydrogen (secondary N) is 1. The van der Waals surface area contributed by atoms with Gasteiger partial charge in [0.1, 0.15) is 0 Å². The van der Waals surface area contributed by atoms with Crippen LogP contribution in [0.4, 0.5) is 0 Å². The van der Waals surface area contributed by atoms with E-state index in [0.29, 0.717) is 18.2 Å². The van der Waals surface area contributed by atoms with Gasteiger partial charge in [-0.2, -0.15) is 4.31 Å². The molecule has 0 atom stereocenters. The van der Waals surface area contributed by atoms with Gasteiger partial charge < -0.3 is 5.32 Å². The largest absolute Gasteiger partial charge is 0.313 e. The predicted molar refractivity (Wildman–Crippen MR) is 74.0 cm³/mol. The van der Waals surface area contributed by atoms with E-state index in [4.69, 9.17) is 0 Å². The van der Waals surface area contributed by atoms with Crippen LogP contribution in [0.2, 0.25) is 0 Å². The summed E-state index contributed by atoms with van der Waals surface area (Å²) in [6.45, 7) is 4.38. The Kier molecular flexibility index (Phi) is 5.04. The molecule has 1 aliphatic carbocycles. The zero-order chi connectivity index (χ0) is 13.0. The van der Waals surface area contributed by atoms with Crippen LogP contribution in [0, 0.1) is 5.92 Å². The van der Waals surface area contributed by atoms with Crippen LogP contribution < -0.4 is 5.32 Å². The van der Waals surface area contributed by atoms with Gasteiger partial charge in [0.05, 0.1) is 5.75 Å². The van der Waals surface area contributed by atoms with Gasteiger partial charge in [-0.15, -0.1) is 0 Å². The van der Waals surface area contributed by atoms with Crippen LogP contribution >= 0.6 is 0 Å². The highest BCUT2D eigenvalue weighted by Gasteiger charge is 2.34. The molecule has 0 bridgehead atoms. The average Bonchev–Trinajstić information content (AvgIpc) is 2.27. The van der Waals surface area contributed by atoms with Crippen LogP contribution in [0.15, 0.2) is 0 Å². The Morgan fingerprint density at radius 3 is 2.33 bits per heavy atom. The van der Waals surface area contributed by atoms with Crippen LogP contribution in [0.1, 0.15) is 45.4 Å². The zero-order valence-corrected chi connectivity index (χ0v) is 12.2. The molecule has 0 amide bonds. The number of nitrogens with zero attached hydrogens (tertiary/aromatic N) is 1. The molecule has 1 aliphatic heterocycles. The van der Waals surface area contributed by atoms with Crippen LogP contribution in [-0.2, 0) is 10.0 Å². The molecule has 18 heavy (non-hydrogen) atoms. The monoisotopic (exact) mass is 274 g/mol. The number of hydrogen-bond acceptors (Lipinski definition) is 3. The summed E-state index contributed by atoms with van der Waals surface area (Å²) in [5.41, 5.74) is 0. The molecular weight excluding hydrogens is 248 g/mol. The van der Waals surface area contributed by atoms with Crippen molar-refractivity contribution in [2.45, 2.75) is 51.5 Å². The standard InChI is InChI=1S/C13H26N2O2S/c1-2-8-15(13-9-14-10-13)18(16,17)11-12-6-4-3-5-7-12/h12-14H,2-11H2,1H3. The molecule has 0 radical (unpaired) electrons. The molecule has 1 N–H and O–H groups in total. The molecule has 0 aromatic carbocycles. The molecule has 4 nitrogen and oxygen atoms in total. The van der Waals surface area contributed by atoms with E-state index in [0.717, 1.165) is 32.4 Å². The van der Waals surface area contributed by atoms with Crippen molar-refractivity contribution < 1.29 is 8.42 Å². The molecule has 106 valence electrons. The average molecular weight is 274 g/mol. The molecule has 1 saturated carbocycles. The first-order chi connectivity index (χ1) is 8.63. The topological polar surface area (TPSA) is 49.4 Å². The van der Waals surface area contributed by atoms with Crippen molar-refractivity contribution in [1.29, 1.82) is 0 Å². The highest BCUT2D eigenvalue weighted by Crippen LogP contribution is 2.26. The van der Waals surface area contributed by atoms with E-state index in [9.17, 15) is 8.42 Å². The Bertz CT molecular complexity index is 346. The van der Waals surface area contributed by atoms with Crippen molar-refractivity contribution in [2.75, 3.05) is 25.4 Å². The molecular formula is C13H26N2O2S. The van der Waals surface area contributed by atoms with E-state index in [2.05, 4.69) is 12.2 Å². The van der Waals surface area contributed by atoms with E-state index in [1.165, 1.54) is 19.3 Å². The van der Waals surface area contributed by atoms with E-state index < -0.39 is 10.0 Å². The molecule has 0 aromatic heterocycles. The lowest BCUT2D eigenvalue weighted by atomic mass is 9.91. The number of sulfonamides is 1. The van der Waals surface area contributed by atoms with Crippen LogP contribution in [-0.4, -0.2) is 44.2 Å². The van der Waals surface area contributed by atoms with E-state index in [1.807, 2.05) is 0 Å². The Morgan fingerprint density at radius 1 is 1.17 bits per heavy atom. The lowest BCUT2D eigenvalue weighted by Crippen LogP contribution is -2.59. The van der Waals surface area contributed by atoms with Gasteiger partial charge >= 0.3 is 0 Å². The maximum Gasteiger partial charge on any atom is 0.214 e. The minimum atomic E-state index is -3.05. The first-order valence-electron chi connectivity index (χ1n) is 7.33. The van der Waals surface area contributed by atoms with Crippen LogP contribution in [0.3, 0.4) is 0 Å². The first-order valence-corrected chi connectivity index (χ1v) is 8.94. The van der Waals surface area contributed by atoms with Gasteiger partial charge in [-0.25, -0.2) is 8.42 Å². The highest BCUT2D eigenvalue weighted by atomic mass is 32.2. The predicted octanol–water partition coefficient (Wildman–Crippen LogP) is 1.58. The summed E-state index contributed by atoms with van der Waals surface area (Å²) >= 11 is 0. The minimum Gasteiger partial charge on any atom is -0.313 e. The summed E-state index contributed by atoms with van der Waals surface area (Å²) in [7, 11) is -3.05. The SMILES string of the molecule is CCCN(C1CNC1)S(=O)(=O)CC1CCCCC1. The van der Waals surface area contributed by atoms with E-state index in [1.54, 1.807) is 4.31 Å². The molecule has 5 heteroatoms. The van der Waals surface area contributed by atoms with Crippen molar-refractivity contribution in [2.24, 2.45) is 5.92 Å². The second kappa shape index (κ2) is 6.35. The fourth-order valence-electron chi connectivity index (χ4n) is 2.99. The second-order valence-electron chi connectivity index (χ2n) is 5.71. The van der Waals surface area contributed by atoms with Gasteiger partial charge in [0, 0.05) is 25.7 Å². The minimum absolute atomic E-state index is 0.207. The third-order valence-corrected chi connectivity index (χ3v) is 6.23. The quantitative estimate of drug-likeness (QED) is 0.800. The zero-order valence-electron chi connectivity index (χ0n) is 11.4. The number of rotatable bonds is 6. The summed E-state index contributed by atoms with van der Waals surface area (Å²) < 4.78 is 26.8. The van der Waals surface area contributed by atoms with Gasteiger partial charge in [-0.1, -0.05) is 26.2 Å². The van der Waals surface area contributed by atoms with Crippen molar-refractivity contribution in [3.8, 4) is 0 Å². The third kappa shape index (κ3) is 3.45. The summed E-state index contributed by atoms with van der Waals surface area (Å²) in [6, 6.07) is 0.207. The van der Waals surface area contributed by atoms with E-state index >= 15 is 0 Å². The van der Waals surface area contributed by atoms with Gasteiger partial charge in [0.25, 0.3) is 0 Å². The lowest BCUT2D eigenvalue weighted by Gasteiger charge is -2.38. The van der Waals surface area contributed by atoms with Gasteiger partial charge in [-0.05, 0) is 25.2 Å². The third-order valence-electron chi connectivity index (χ3n) is 4.14. The Balaban J connectivity index is 1.97. The molecule has 0 spiro atoms. The van der Waals surface area contributed by atoms with Gasteiger partial charge in [-0.3, -0.25) is 0 Å². The van der Waals surface area contributed by atoms with Gasteiger partial charge in [0.15, 0.2) is 0 Å². The summed E-state index contributed by atoms with van der Waals surface area (Å²) in [4.78, 5) is 0. The van der Waals surface area contributed by atoms with Crippen molar-refractivity contribution in [3.05, 3.63) is 0 Å². The molecule has 0 aromatic rings. The van der Waals surface area contributed by atoms with Gasteiger partial charge in [0.2, 0.25) is 10.0 Å². The van der Waals surface area contributed by atoms with Crippen molar-refractivity contribution >= 4 is 10.0 Å². The summed E-state index contributed by atoms with van der Waals surface area (Å²) in [5.74, 6) is 0.778. The molecule has 2 rings (SSSR count). The fraction of sp³-hybridized carbons (Fsp3) is 1.00. The van der Waals surface area contributed by atoms with Crippen molar-refractivity contribution in [3.63, 3.8) is 0 Å². The van der Waals surface area contributed by atoms with Crippen molar-refractivity contribution in [1.82, 2.24) is 9.62 Å². The smallest absolute Gasteiger partial charge is 0.214 e. The summed E-state index contributed by atoms with van der Waals surface area (Å²) in [5, 5.41) is 3.17. The van der Waals surface area contributed by atoms with Crippen LogP contribution in [0.25, 0.3) is 0 Å². The molecule has 1 heterocycles. The molecule has 1 saturated heterocycles. The first kappa shape index (κ1) is 14.3. The molecule has 0 unspecified atom stereocenters. The lowest BCUT2D eigenvalue weighted by molar-refractivity contribution is 0.239. The maximum atomic E-state index is 12.5. The van der Waals surface area contributed by atoms with Crippen LogP contribution in [0.5, 0.6) is 0 Å². The number of hydrogen-bond donors (Lipinski definition) is 1. The normalized spacial score (nSPS) is 23.2.